The number of aliphatic hydroxyl groups is 2. The van der Waals surface area contributed by atoms with Crippen LogP contribution in [0.25, 0.3) is 0 Å². The second-order valence-corrected chi connectivity index (χ2v) is 12.4. The second kappa shape index (κ2) is 8.74. The van der Waals surface area contributed by atoms with Gasteiger partial charge in [0.1, 0.15) is 0 Å². The van der Waals surface area contributed by atoms with Crippen LogP contribution in [0, 0.1) is 34.5 Å². The van der Waals surface area contributed by atoms with E-state index in [2.05, 4.69) is 46.8 Å². The van der Waals surface area contributed by atoms with Crippen LogP contribution in [0.15, 0.2) is 23.3 Å². The van der Waals surface area contributed by atoms with Crippen molar-refractivity contribution in [1.82, 2.24) is 0 Å². The molecule has 2 saturated carbocycles. The van der Waals surface area contributed by atoms with Crippen molar-refractivity contribution in [3.05, 3.63) is 23.3 Å². The third kappa shape index (κ3) is 4.60. The first kappa shape index (κ1) is 24.1. The number of fused-ring (bicyclic) bond motifs is 3. The zero-order valence-electron chi connectivity index (χ0n) is 20.8. The number of hydrogen-bond donors (Lipinski definition) is 2. The van der Waals surface area contributed by atoms with E-state index in [1.165, 1.54) is 37.7 Å². The van der Waals surface area contributed by atoms with Crippen LogP contribution in [-0.4, -0.2) is 21.9 Å². The van der Waals surface area contributed by atoms with Crippen LogP contribution in [0.4, 0.5) is 0 Å². The van der Waals surface area contributed by atoms with Gasteiger partial charge < -0.3 is 10.2 Å². The molecule has 0 amide bonds. The zero-order valence-corrected chi connectivity index (χ0v) is 20.8. The smallest absolute Gasteiger partial charge is 0.0591 e. The standard InChI is InChI=1S/C28H48O2/c1-8-21(29)18-20-11-12-22-24(27(20,5)6)15-17-28(7)23(13-14-25(22)28)19(2)10-9-16-26(3,4)30/h11-12,19,21,23-25,29-30H,8-10,13-18H2,1-7H3/t19-,21+,23-,24+,25+,28-/m1/s1. The van der Waals surface area contributed by atoms with Crippen molar-refractivity contribution >= 4 is 0 Å². The average molecular weight is 417 g/mol. The molecule has 2 nitrogen and oxygen atoms in total. The molecular formula is C28H48O2. The van der Waals surface area contributed by atoms with E-state index in [-0.39, 0.29) is 11.5 Å². The van der Waals surface area contributed by atoms with Crippen LogP contribution < -0.4 is 0 Å². The summed E-state index contributed by atoms with van der Waals surface area (Å²) in [5.41, 5.74) is 3.23. The topological polar surface area (TPSA) is 40.5 Å². The fraction of sp³-hybridized carbons (Fsp3) is 0.857. The van der Waals surface area contributed by atoms with Gasteiger partial charge in [-0.1, -0.05) is 70.8 Å². The summed E-state index contributed by atoms with van der Waals surface area (Å²) in [6.07, 6.45) is 14.9. The molecule has 3 aliphatic carbocycles. The summed E-state index contributed by atoms with van der Waals surface area (Å²) in [5, 5.41) is 20.3. The van der Waals surface area contributed by atoms with E-state index in [9.17, 15) is 10.2 Å². The highest BCUT2D eigenvalue weighted by atomic mass is 16.3. The molecule has 0 bridgehead atoms. The molecule has 0 aromatic rings. The Morgan fingerprint density at radius 2 is 1.80 bits per heavy atom. The van der Waals surface area contributed by atoms with E-state index in [1.807, 2.05) is 13.8 Å². The van der Waals surface area contributed by atoms with Crippen LogP contribution in [0.5, 0.6) is 0 Å². The van der Waals surface area contributed by atoms with E-state index >= 15 is 0 Å². The maximum atomic E-state index is 10.3. The molecule has 2 N–H and O–H groups in total. The molecule has 2 heteroatoms. The lowest BCUT2D eigenvalue weighted by molar-refractivity contribution is 0.0469. The van der Waals surface area contributed by atoms with E-state index in [4.69, 9.17) is 0 Å². The number of allylic oxidation sites excluding steroid dienone is 3. The van der Waals surface area contributed by atoms with Gasteiger partial charge in [0.2, 0.25) is 0 Å². The van der Waals surface area contributed by atoms with Crippen molar-refractivity contribution in [3.63, 3.8) is 0 Å². The Morgan fingerprint density at radius 1 is 1.10 bits per heavy atom. The lowest BCUT2D eigenvalue weighted by atomic mass is 9.52. The summed E-state index contributed by atoms with van der Waals surface area (Å²) in [6.45, 7) is 15.9. The molecule has 2 fully saturated rings. The first-order valence-electron chi connectivity index (χ1n) is 12.7. The predicted molar refractivity (Wildman–Crippen MR) is 127 cm³/mol. The number of aliphatic hydroxyl groups excluding tert-OH is 1. The largest absolute Gasteiger partial charge is 0.393 e. The molecular weight excluding hydrogens is 368 g/mol. The van der Waals surface area contributed by atoms with Gasteiger partial charge in [0.25, 0.3) is 0 Å². The van der Waals surface area contributed by atoms with Gasteiger partial charge in [-0.15, -0.1) is 0 Å². The van der Waals surface area contributed by atoms with Crippen LogP contribution >= 0.6 is 0 Å². The maximum absolute atomic E-state index is 10.3. The van der Waals surface area contributed by atoms with E-state index < -0.39 is 5.60 Å². The van der Waals surface area contributed by atoms with Crippen molar-refractivity contribution in [1.29, 1.82) is 0 Å². The van der Waals surface area contributed by atoms with Gasteiger partial charge in [0.15, 0.2) is 0 Å². The highest BCUT2D eigenvalue weighted by Crippen LogP contribution is 2.64. The number of rotatable bonds is 8. The van der Waals surface area contributed by atoms with Gasteiger partial charge in [-0.2, -0.15) is 0 Å². The lowest BCUT2D eigenvalue weighted by Crippen LogP contribution is -2.44. The second-order valence-electron chi connectivity index (χ2n) is 12.4. The molecule has 0 heterocycles. The molecule has 0 aromatic carbocycles. The molecule has 172 valence electrons. The highest BCUT2D eigenvalue weighted by molar-refractivity contribution is 5.37. The van der Waals surface area contributed by atoms with Crippen molar-refractivity contribution in [3.8, 4) is 0 Å². The predicted octanol–water partition coefficient (Wildman–Crippen LogP) is 7.06. The molecule has 0 unspecified atom stereocenters. The van der Waals surface area contributed by atoms with Crippen molar-refractivity contribution in [2.45, 2.75) is 118 Å². The Bertz CT molecular complexity index is 665. The van der Waals surface area contributed by atoms with Crippen LogP contribution in [-0.2, 0) is 0 Å². The minimum absolute atomic E-state index is 0.165. The van der Waals surface area contributed by atoms with E-state index in [0.717, 1.165) is 43.4 Å². The number of hydrogen-bond acceptors (Lipinski definition) is 2. The minimum Gasteiger partial charge on any atom is -0.393 e. The molecule has 3 rings (SSSR count). The van der Waals surface area contributed by atoms with Crippen LogP contribution in [0.3, 0.4) is 0 Å². The lowest BCUT2D eigenvalue weighted by Gasteiger charge is -2.53. The quantitative estimate of drug-likeness (QED) is 0.444. The maximum Gasteiger partial charge on any atom is 0.0591 e. The monoisotopic (exact) mass is 416 g/mol. The normalized spacial score (nSPS) is 35.2. The van der Waals surface area contributed by atoms with Crippen LogP contribution in [0.2, 0.25) is 0 Å². The Kier molecular flexibility index (Phi) is 7.00. The van der Waals surface area contributed by atoms with E-state index in [0.29, 0.717) is 11.3 Å². The summed E-state index contributed by atoms with van der Waals surface area (Å²) in [6, 6.07) is 0. The summed E-state index contributed by atoms with van der Waals surface area (Å²) in [5.74, 6) is 2.92. The van der Waals surface area contributed by atoms with Gasteiger partial charge >= 0.3 is 0 Å². The molecule has 0 saturated heterocycles. The molecule has 0 radical (unpaired) electrons. The molecule has 30 heavy (non-hydrogen) atoms. The molecule has 6 atom stereocenters. The van der Waals surface area contributed by atoms with Gasteiger partial charge in [-0.05, 0) is 93.3 Å². The SMILES string of the molecule is CC[C@H](O)CC1=CC=C2[C@H](CC[C@]3(C)[C@@H]([C@H](C)CCCC(C)(C)O)CC[C@@H]23)C1(C)C. The first-order chi connectivity index (χ1) is 13.9. The Hall–Kier alpha value is -0.600. The Balaban J connectivity index is 1.76. The van der Waals surface area contributed by atoms with Gasteiger partial charge in [-0.3, -0.25) is 0 Å². The average Bonchev–Trinajstić information content (AvgIpc) is 3.00. The van der Waals surface area contributed by atoms with Gasteiger partial charge in [0, 0.05) is 0 Å². The molecule has 0 spiro atoms. The Morgan fingerprint density at radius 3 is 2.43 bits per heavy atom. The third-order valence-electron chi connectivity index (χ3n) is 9.42. The summed E-state index contributed by atoms with van der Waals surface area (Å²) >= 11 is 0. The first-order valence-corrected chi connectivity index (χ1v) is 12.7. The molecule has 3 aliphatic rings. The van der Waals surface area contributed by atoms with E-state index in [1.54, 1.807) is 5.57 Å². The molecule has 0 aliphatic heterocycles. The van der Waals surface area contributed by atoms with Crippen molar-refractivity contribution in [2.75, 3.05) is 0 Å². The summed E-state index contributed by atoms with van der Waals surface area (Å²) in [4.78, 5) is 0. The fourth-order valence-corrected chi connectivity index (χ4v) is 7.40. The fourth-order valence-electron chi connectivity index (χ4n) is 7.40. The minimum atomic E-state index is -0.534. The van der Waals surface area contributed by atoms with Crippen LogP contribution in [0.1, 0.15) is 106 Å². The summed E-state index contributed by atoms with van der Waals surface area (Å²) in [7, 11) is 0. The zero-order chi connectivity index (χ0) is 22.3. The third-order valence-corrected chi connectivity index (χ3v) is 9.42. The highest BCUT2D eigenvalue weighted by Gasteiger charge is 2.55. The summed E-state index contributed by atoms with van der Waals surface area (Å²) < 4.78 is 0. The van der Waals surface area contributed by atoms with Gasteiger partial charge in [-0.25, -0.2) is 0 Å². The Labute approximate surface area is 186 Å². The molecule has 0 aromatic heterocycles. The van der Waals surface area contributed by atoms with Gasteiger partial charge in [0.05, 0.1) is 11.7 Å². The van der Waals surface area contributed by atoms with Crippen molar-refractivity contribution < 1.29 is 10.2 Å². The van der Waals surface area contributed by atoms with Crippen molar-refractivity contribution in [2.24, 2.45) is 34.5 Å².